The molecule has 6 rings (SSSR count). The third kappa shape index (κ3) is 2.44. The molecule has 0 aliphatic carbocycles. The number of benzene rings is 3. The monoisotopic (exact) mass is 415 g/mol. The van der Waals surface area contributed by atoms with Gasteiger partial charge in [-0.1, -0.05) is 29.3 Å². The Morgan fingerprint density at radius 3 is 2.47 bits per heavy atom. The Kier molecular flexibility index (Phi) is 3.70. The Morgan fingerprint density at radius 2 is 1.69 bits per heavy atom. The number of nitriles is 1. The van der Waals surface area contributed by atoms with Crippen molar-refractivity contribution in [2.45, 2.75) is 41.0 Å². The Bertz CT molecular complexity index is 1760. The van der Waals surface area contributed by atoms with E-state index in [1.54, 1.807) is 0 Å². The van der Waals surface area contributed by atoms with Crippen molar-refractivity contribution in [3.8, 4) is 6.07 Å². The van der Waals surface area contributed by atoms with Crippen LogP contribution in [0.15, 0.2) is 48.7 Å². The van der Waals surface area contributed by atoms with Gasteiger partial charge in [-0.25, -0.2) is 0 Å². The van der Waals surface area contributed by atoms with Gasteiger partial charge in [0.2, 0.25) is 0 Å². The van der Waals surface area contributed by atoms with Crippen molar-refractivity contribution in [1.82, 2.24) is 9.38 Å². The molecule has 156 valence electrons. The van der Waals surface area contributed by atoms with E-state index in [1.165, 1.54) is 65.7 Å². The summed E-state index contributed by atoms with van der Waals surface area (Å²) in [5, 5.41) is 15.9. The standard InChI is InChI=1S/C29H25N3/c1-16-6-7-23-21(11-16)24-20(14-29(4,5)15-30)13-19-8-9-31-26-22-12-17(2)10-18(3)27(22)32(23)28(24)25(19)26/h6-13H,14H2,1-5H3. The molecule has 3 aromatic carbocycles. The van der Waals surface area contributed by atoms with Gasteiger partial charge in [-0.05, 0) is 81.8 Å². The van der Waals surface area contributed by atoms with Crippen LogP contribution in [0.25, 0.3) is 49.0 Å². The molecule has 0 aliphatic rings. The molecule has 0 aliphatic heterocycles. The van der Waals surface area contributed by atoms with E-state index in [1.807, 2.05) is 20.0 Å². The quantitative estimate of drug-likeness (QED) is 0.218. The summed E-state index contributed by atoms with van der Waals surface area (Å²) in [5.41, 5.74) is 9.28. The van der Waals surface area contributed by atoms with Gasteiger partial charge in [-0.15, -0.1) is 0 Å². The van der Waals surface area contributed by atoms with Crippen LogP contribution in [0.3, 0.4) is 0 Å². The van der Waals surface area contributed by atoms with E-state index in [4.69, 9.17) is 4.98 Å². The first-order valence-corrected chi connectivity index (χ1v) is 11.2. The highest BCUT2D eigenvalue weighted by molar-refractivity contribution is 6.28. The van der Waals surface area contributed by atoms with Crippen molar-refractivity contribution < 1.29 is 0 Å². The van der Waals surface area contributed by atoms with Crippen LogP contribution in [0.2, 0.25) is 0 Å². The van der Waals surface area contributed by atoms with Crippen LogP contribution in [-0.4, -0.2) is 9.38 Å². The zero-order valence-electron chi connectivity index (χ0n) is 19.2. The SMILES string of the molecule is Cc1ccc2c(c1)c1c(CC(C)(C)C#N)cc3ccnc4c5cc(C)cc(C)c5n2c1c34. The fraction of sp³-hybridized carbons (Fsp3) is 0.241. The minimum Gasteiger partial charge on any atom is -0.308 e. The van der Waals surface area contributed by atoms with Crippen molar-refractivity contribution in [3.05, 3.63) is 70.9 Å². The van der Waals surface area contributed by atoms with Crippen molar-refractivity contribution in [2.75, 3.05) is 0 Å². The molecule has 0 N–H and O–H groups in total. The molecule has 0 saturated heterocycles. The third-order valence-electron chi connectivity index (χ3n) is 6.85. The third-order valence-corrected chi connectivity index (χ3v) is 6.85. The lowest BCUT2D eigenvalue weighted by atomic mass is 9.84. The highest BCUT2D eigenvalue weighted by Gasteiger charge is 2.25. The number of fused-ring (bicyclic) bond motifs is 6. The summed E-state index contributed by atoms with van der Waals surface area (Å²) in [6.45, 7) is 10.6. The molecule has 32 heavy (non-hydrogen) atoms. The fourth-order valence-corrected chi connectivity index (χ4v) is 5.60. The van der Waals surface area contributed by atoms with Gasteiger partial charge in [0, 0.05) is 27.7 Å². The lowest BCUT2D eigenvalue weighted by Gasteiger charge is -2.19. The second-order valence-electron chi connectivity index (χ2n) is 10.0. The number of hydrogen-bond donors (Lipinski definition) is 0. The van der Waals surface area contributed by atoms with E-state index in [2.05, 4.69) is 73.7 Å². The van der Waals surface area contributed by atoms with Gasteiger partial charge in [-0.2, -0.15) is 5.26 Å². The van der Waals surface area contributed by atoms with Gasteiger partial charge in [0.25, 0.3) is 0 Å². The van der Waals surface area contributed by atoms with E-state index in [0.717, 1.165) is 5.52 Å². The highest BCUT2D eigenvalue weighted by atomic mass is 14.9. The maximum atomic E-state index is 9.79. The minimum absolute atomic E-state index is 0.441. The second-order valence-corrected chi connectivity index (χ2v) is 10.0. The van der Waals surface area contributed by atoms with Gasteiger partial charge < -0.3 is 4.40 Å². The number of aromatic nitrogens is 2. The van der Waals surface area contributed by atoms with Gasteiger partial charge in [0.15, 0.2) is 0 Å². The van der Waals surface area contributed by atoms with Crippen LogP contribution in [-0.2, 0) is 6.42 Å². The Morgan fingerprint density at radius 1 is 0.906 bits per heavy atom. The zero-order valence-corrected chi connectivity index (χ0v) is 19.2. The summed E-state index contributed by atoms with van der Waals surface area (Å²) in [5.74, 6) is 0. The van der Waals surface area contributed by atoms with Crippen LogP contribution in [0.5, 0.6) is 0 Å². The van der Waals surface area contributed by atoms with E-state index < -0.39 is 5.41 Å². The molecule has 6 aromatic rings. The highest BCUT2D eigenvalue weighted by Crippen LogP contribution is 2.44. The fourth-order valence-electron chi connectivity index (χ4n) is 5.60. The lowest BCUT2D eigenvalue weighted by molar-refractivity contribution is 0.495. The summed E-state index contributed by atoms with van der Waals surface area (Å²) in [4.78, 5) is 4.89. The Balaban J connectivity index is 1.99. The van der Waals surface area contributed by atoms with Crippen molar-refractivity contribution >= 4 is 49.0 Å². The maximum absolute atomic E-state index is 9.79. The van der Waals surface area contributed by atoms with E-state index in [9.17, 15) is 5.26 Å². The van der Waals surface area contributed by atoms with Gasteiger partial charge >= 0.3 is 0 Å². The molecule has 3 heteroatoms. The van der Waals surface area contributed by atoms with Gasteiger partial charge in [0.1, 0.15) is 0 Å². The molecule has 0 unspecified atom stereocenters. The van der Waals surface area contributed by atoms with Crippen LogP contribution < -0.4 is 0 Å². The van der Waals surface area contributed by atoms with E-state index in [0.29, 0.717) is 6.42 Å². The van der Waals surface area contributed by atoms with Crippen LogP contribution in [0.4, 0.5) is 0 Å². The normalized spacial score (nSPS) is 12.6. The van der Waals surface area contributed by atoms with Crippen molar-refractivity contribution in [3.63, 3.8) is 0 Å². The predicted molar refractivity (Wildman–Crippen MR) is 134 cm³/mol. The number of hydrogen-bond acceptors (Lipinski definition) is 2. The predicted octanol–water partition coefficient (Wildman–Crippen LogP) is 7.40. The number of nitrogens with zero attached hydrogens (tertiary/aromatic N) is 3. The molecular weight excluding hydrogens is 390 g/mol. The van der Waals surface area contributed by atoms with Crippen molar-refractivity contribution in [1.29, 1.82) is 5.26 Å². The summed E-state index contributed by atoms with van der Waals surface area (Å²) in [6, 6.07) is 18.2. The van der Waals surface area contributed by atoms with E-state index >= 15 is 0 Å². The maximum Gasteiger partial charge on any atom is 0.0822 e. The van der Waals surface area contributed by atoms with Crippen LogP contribution >= 0.6 is 0 Å². The summed E-state index contributed by atoms with van der Waals surface area (Å²) in [7, 11) is 0. The Labute approximate surface area is 187 Å². The van der Waals surface area contributed by atoms with Gasteiger partial charge in [-0.3, -0.25) is 4.98 Å². The van der Waals surface area contributed by atoms with Crippen LogP contribution in [0, 0.1) is 37.5 Å². The number of aryl methyl sites for hydroxylation is 3. The first-order valence-electron chi connectivity index (χ1n) is 11.2. The topological polar surface area (TPSA) is 41.1 Å². The smallest absolute Gasteiger partial charge is 0.0822 e. The Hall–Kier alpha value is -3.64. The molecule has 0 radical (unpaired) electrons. The largest absolute Gasteiger partial charge is 0.308 e. The second kappa shape index (κ2) is 6.20. The molecule has 0 atom stereocenters. The van der Waals surface area contributed by atoms with Crippen LogP contribution in [0.1, 0.15) is 36.1 Å². The molecular formula is C29H25N3. The average Bonchev–Trinajstić information content (AvgIpc) is 3.07. The first kappa shape index (κ1) is 19.1. The molecule has 3 aromatic heterocycles. The molecule has 0 saturated carbocycles. The first-order chi connectivity index (χ1) is 15.3. The molecule has 3 nitrogen and oxygen atoms in total. The molecule has 0 fully saturated rings. The lowest BCUT2D eigenvalue weighted by Crippen LogP contribution is -2.12. The number of pyridine rings is 2. The zero-order chi connectivity index (χ0) is 22.4. The summed E-state index contributed by atoms with van der Waals surface area (Å²) in [6.07, 6.45) is 2.63. The summed E-state index contributed by atoms with van der Waals surface area (Å²) < 4.78 is 2.45. The minimum atomic E-state index is -0.441. The molecule has 0 spiro atoms. The average molecular weight is 416 g/mol. The summed E-state index contributed by atoms with van der Waals surface area (Å²) >= 11 is 0. The molecule has 0 amide bonds. The number of rotatable bonds is 2. The van der Waals surface area contributed by atoms with Gasteiger partial charge in [0.05, 0.1) is 33.6 Å². The van der Waals surface area contributed by atoms with Crippen molar-refractivity contribution in [2.24, 2.45) is 5.41 Å². The van der Waals surface area contributed by atoms with E-state index in [-0.39, 0.29) is 0 Å². The molecule has 0 bridgehead atoms. The molecule has 3 heterocycles.